The maximum absolute atomic E-state index is 12.7. The molecule has 15 heteroatoms. The van der Waals surface area contributed by atoms with Gasteiger partial charge in [0.1, 0.15) is 31.9 Å². The molecule has 0 unspecified atom stereocenters. The fourth-order valence-electron chi connectivity index (χ4n) is 5.10. The Bertz CT molecular complexity index is 1770. The van der Waals surface area contributed by atoms with Crippen molar-refractivity contribution in [3.05, 3.63) is 63.7 Å². The monoisotopic (exact) mass is 658 g/mol. The third-order valence-electron chi connectivity index (χ3n) is 7.37. The van der Waals surface area contributed by atoms with Crippen molar-refractivity contribution in [3.8, 4) is 0 Å². The van der Waals surface area contributed by atoms with Gasteiger partial charge in [-0.25, -0.2) is 21.8 Å². The van der Waals surface area contributed by atoms with Crippen molar-refractivity contribution in [2.75, 3.05) is 10.6 Å². The molecule has 0 aliphatic carbocycles. The third-order valence-corrected chi connectivity index (χ3v) is 9.00. The molecule has 4 N–H and O–H groups in total. The van der Waals surface area contributed by atoms with Crippen molar-refractivity contribution >= 4 is 49.2 Å². The number of nitrogens with zero attached hydrogens (tertiary/aromatic N) is 1. The number of pyridine rings is 1. The Balaban J connectivity index is 0.00000529. The van der Waals surface area contributed by atoms with Crippen LogP contribution in [0, 0.1) is 6.92 Å². The van der Waals surface area contributed by atoms with Gasteiger partial charge in [0.15, 0.2) is 0 Å². The number of nitrogens with two attached hydrogens (primary N) is 1. The van der Waals surface area contributed by atoms with Gasteiger partial charge in [0.25, 0.3) is 5.91 Å². The normalized spacial score (nSPS) is 11.9. The summed E-state index contributed by atoms with van der Waals surface area (Å²) in [5.74, 6) is -1.08. The van der Waals surface area contributed by atoms with Gasteiger partial charge in [-0.15, -0.1) is 0 Å². The van der Waals surface area contributed by atoms with Crippen molar-refractivity contribution in [2.45, 2.75) is 95.8 Å². The minimum absolute atomic E-state index is 0. The number of carbonyl (C=O) groups excluding carboxylic acids is 1. The Kier molecular flexibility index (Phi) is 14.2. The minimum Gasteiger partial charge on any atom is -0.744 e. The van der Waals surface area contributed by atoms with Crippen molar-refractivity contribution in [1.82, 2.24) is 4.98 Å². The molecule has 46 heavy (non-hydrogen) atoms. The molecule has 1 amide bonds. The van der Waals surface area contributed by atoms with Crippen molar-refractivity contribution in [2.24, 2.45) is 5.73 Å². The first-order valence-electron chi connectivity index (χ1n) is 14.3. The Morgan fingerprint density at radius 3 is 1.28 bits per heavy atom. The number of carbonyl (C=O) groups is 1. The van der Waals surface area contributed by atoms with Gasteiger partial charge < -0.3 is 25.5 Å². The van der Waals surface area contributed by atoms with E-state index < -0.39 is 26.1 Å². The zero-order valence-corrected chi connectivity index (χ0v) is 30.0. The van der Waals surface area contributed by atoms with Crippen molar-refractivity contribution in [1.29, 1.82) is 0 Å². The zero-order valence-electron chi connectivity index (χ0n) is 28.4. The third kappa shape index (κ3) is 9.39. The molecule has 3 rings (SSSR count). The standard InChI is InChI=1S/C31H42N4O7S2.2Li/c1-15(2)22-11-20(43(37,38)39)12-23(16(3)4)28(22)33-26-10-19(9)27(30(32)36)31(34-26)35-29-24(17(5)6)13-21(44(40,41)42)14-25(29)18(7)8;;/h10-18H,1-9H3,(H2,32,36)(H2,33,34,35)(H,37,38,39)(H,40,41,42);;/q;2*+1/p-2. The van der Waals surface area contributed by atoms with E-state index in [0.29, 0.717) is 45.0 Å². The molecular weight excluding hydrogens is 618 g/mol. The second kappa shape index (κ2) is 15.7. The van der Waals surface area contributed by atoms with Gasteiger partial charge in [-0.1, -0.05) is 55.4 Å². The zero-order chi connectivity index (χ0) is 33.5. The van der Waals surface area contributed by atoms with Gasteiger partial charge in [-0.05, 0) is 88.7 Å². The molecule has 0 atom stereocenters. The molecule has 0 fully saturated rings. The number of nitrogens with one attached hydrogen (secondary N) is 2. The van der Waals surface area contributed by atoms with E-state index >= 15 is 0 Å². The Morgan fingerprint density at radius 1 is 0.674 bits per heavy atom. The largest absolute Gasteiger partial charge is 1.00 e. The first-order valence-corrected chi connectivity index (χ1v) is 17.1. The minimum atomic E-state index is -4.74. The molecule has 0 radical (unpaired) electrons. The van der Waals surface area contributed by atoms with E-state index in [1.54, 1.807) is 13.0 Å². The molecule has 3 aromatic rings. The van der Waals surface area contributed by atoms with E-state index in [1.165, 1.54) is 24.3 Å². The van der Waals surface area contributed by atoms with Crippen LogP contribution >= 0.6 is 0 Å². The van der Waals surface area contributed by atoms with E-state index in [0.717, 1.165) is 0 Å². The summed E-state index contributed by atoms with van der Waals surface area (Å²) in [5, 5.41) is 6.53. The number of rotatable bonds is 11. The number of amides is 1. The molecule has 0 aliphatic heterocycles. The maximum atomic E-state index is 12.7. The van der Waals surface area contributed by atoms with Gasteiger partial charge in [0.2, 0.25) is 0 Å². The average Bonchev–Trinajstić information content (AvgIpc) is 2.86. The molecule has 240 valence electrons. The number of anilines is 4. The predicted molar refractivity (Wildman–Crippen MR) is 169 cm³/mol. The average molecular weight is 659 g/mol. The van der Waals surface area contributed by atoms with Crippen LogP contribution < -0.4 is 54.1 Å². The molecule has 1 aromatic heterocycles. The molecule has 0 bridgehead atoms. The van der Waals surface area contributed by atoms with Crippen LogP contribution in [0.2, 0.25) is 0 Å². The van der Waals surface area contributed by atoms with E-state index in [9.17, 15) is 30.7 Å². The molecule has 0 saturated carbocycles. The van der Waals surface area contributed by atoms with Crippen LogP contribution in [0.1, 0.15) is 117 Å². The summed E-state index contributed by atoms with van der Waals surface area (Å²) in [5.41, 5.74) is 9.75. The molecule has 0 aliphatic rings. The van der Waals surface area contributed by atoms with Gasteiger partial charge in [-0.3, -0.25) is 4.79 Å². The maximum Gasteiger partial charge on any atom is 1.00 e. The van der Waals surface area contributed by atoms with Crippen LogP contribution in [0.25, 0.3) is 0 Å². The first kappa shape index (κ1) is 41.7. The van der Waals surface area contributed by atoms with Gasteiger partial charge in [0.05, 0.1) is 15.4 Å². The van der Waals surface area contributed by atoms with Crippen LogP contribution in [0.15, 0.2) is 40.1 Å². The van der Waals surface area contributed by atoms with Gasteiger partial charge in [-0.2, -0.15) is 0 Å². The molecule has 2 aromatic carbocycles. The van der Waals surface area contributed by atoms with Crippen LogP contribution in [0.4, 0.5) is 23.0 Å². The Morgan fingerprint density at radius 2 is 1.00 bits per heavy atom. The smallest absolute Gasteiger partial charge is 0.744 e. The number of hydrogen-bond donors (Lipinski definition) is 3. The van der Waals surface area contributed by atoms with Crippen LogP contribution in [-0.4, -0.2) is 36.8 Å². The second-order valence-corrected chi connectivity index (χ2v) is 14.9. The van der Waals surface area contributed by atoms with E-state index in [1.807, 2.05) is 55.4 Å². The fourth-order valence-corrected chi connectivity index (χ4v) is 6.19. The van der Waals surface area contributed by atoms with Crippen LogP contribution in [0.3, 0.4) is 0 Å². The van der Waals surface area contributed by atoms with Crippen LogP contribution in [0.5, 0.6) is 0 Å². The summed E-state index contributed by atoms with van der Waals surface area (Å²) < 4.78 is 71.8. The molecule has 0 spiro atoms. The number of primary amides is 1. The summed E-state index contributed by atoms with van der Waals surface area (Å²) in [6.07, 6.45) is 0. The molecule has 1 heterocycles. The Hall–Kier alpha value is -2.33. The van der Waals surface area contributed by atoms with Crippen molar-refractivity contribution < 1.29 is 68.5 Å². The molecule has 0 saturated heterocycles. The number of hydrogen-bond acceptors (Lipinski definition) is 10. The fraction of sp³-hybridized carbons (Fsp3) is 0.419. The summed E-state index contributed by atoms with van der Waals surface area (Å²) in [6, 6.07) is 7.02. The number of aryl methyl sites for hydroxylation is 1. The summed E-state index contributed by atoms with van der Waals surface area (Å²) in [4.78, 5) is 16.7. The summed E-state index contributed by atoms with van der Waals surface area (Å²) in [7, 11) is -9.46. The number of aromatic nitrogens is 1. The van der Waals surface area contributed by atoms with Gasteiger partial charge in [0, 0.05) is 11.4 Å². The first-order chi connectivity index (χ1) is 20.1. The number of benzene rings is 2. The quantitative estimate of drug-likeness (QED) is 0.190. The predicted octanol–water partition coefficient (Wildman–Crippen LogP) is 0.286. The Labute approximate surface area is 296 Å². The van der Waals surface area contributed by atoms with E-state index in [-0.39, 0.29) is 82.6 Å². The summed E-state index contributed by atoms with van der Waals surface area (Å²) in [6.45, 7) is 16.6. The molecular formula is C31H40Li2N4O7S2. The SMILES string of the molecule is Cc1cc(Nc2c(C(C)C)cc(S(=O)(=O)[O-])cc2C(C)C)nc(Nc2c(C(C)C)cc(S(=O)(=O)[O-])cc2C(C)C)c1C(N)=O.[Li+].[Li+]. The van der Waals surface area contributed by atoms with E-state index in [2.05, 4.69) is 10.6 Å². The topological polar surface area (TPSA) is 194 Å². The van der Waals surface area contributed by atoms with E-state index in [4.69, 9.17) is 10.7 Å². The summed E-state index contributed by atoms with van der Waals surface area (Å²) >= 11 is 0. The van der Waals surface area contributed by atoms with Crippen molar-refractivity contribution in [3.63, 3.8) is 0 Å². The second-order valence-electron chi connectivity index (χ2n) is 12.1. The molecule has 11 nitrogen and oxygen atoms in total. The van der Waals surface area contributed by atoms with Crippen LogP contribution in [-0.2, 0) is 20.2 Å². The van der Waals surface area contributed by atoms with Gasteiger partial charge >= 0.3 is 37.7 Å².